The molecule has 1 saturated heterocycles. The molecule has 11 heteroatoms. The molecule has 2 aliphatic rings. The highest BCUT2D eigenvalue weighted by atomic mass is 127. The van der Waals surface area contributed by atoms with Crippen molar-refractivity contribution in [2.24, 2.45) is 0 Å². The Bertz CT molecular complexity index is 1180. The van der Waals surface area contributed by atoms with E-state index in [1.165, 1.54) is 12.0 Å². The molecule has 2 atom stereocenters. The van der Waals surface area contributed by atoms with E-state index in [4.69, 9.17) is 23.9 Å². The Morgan fingerprint density at radius 2 is 1.94 bits per heavy atom. The second kappa shape index (κ2) is 9.80. The SMILES string of the molecule is COC(=O)[C@@H]1CC2(CCc3c(c(C)nc4ccc(OC(I)(I)I)cc34)O2)CN1C(=O)OC(C)(C)C. The molecule has 0 bridgehead atoms. The largest absolute Gasteiger partial charge is 0.483 e. The zero-order chi connectivity index (χ0) is 25.8. The number of rotatable bonds is 3. The molecule has 35 heavy (non-hydrogen) atoms. The van der Waals surface area contributed by atoms with Crippen LogP contribution in [0.15, 0.2) is 18.2 Å². The van der Waals surface area contributed by atoms with E-state index in [-0.39, 0.29) is 6.54 Å². The van der Waals surface area contributed by atoms with Crippen molar-refractivity contribution < 1.29 is 28.5 Å². The van der Waals surface area contributed by atoms with E-state index in [1.54, 1.807) is 20.8 Å². The van der Waals surface area contributed by atoms with Crippen LogP contribution in [-0.2, 0) is 20.7 Å². The van der Waals surface area contributed by atoms with Gasteiger partial charge in [-0.3, -0.25) is 4.90 Å². The van der Waals surface area contributed by atoms with E-state index in [0.717, 1.165) is 34.3 Å². The Balaban J connectivity index is 1.69. The predicted octanol–water partition coefficient (Wildman–Crippen LogP) is 6.08. The first kappa shape index (κ1) is 27.2. The number of amides is 1. The average Bonchev–Trinajstić information content (AvgIpc) is 3.11. The van der Waals surface area contributed by atoms with Gasteiger partial charge in [0.05, 0.1) is 24.9 Å². The number of carbonyl (C=O) groups is 2. The number of pyridine rings is 1. The van der Waals surface area contributed by atoms with Gasteiger partial charge < -0.3 is 18.9 Å². The lowest BCUT2D eigenvalue weighted by Crippen LogP contribution is -2.46. The summed E-state index contributed by atoms with van der Waals surface area (Å²) in [4.78, 5) is 31.8. The molecule has 1 aromatic carbocycles. The number of halogens is 3. The minimum absolute atomic E-state index is 0.239. The summed E-state index contributed by atoms with van der Waals surface area (Å²) in [5, 5.41) is 0.984. The molecule has 2 aromatic rings. The van der Waals surface area contributed by atoms with Crippen LogP contribution in [0.1, 0.15) is 44.9 Å². The number of benzene rings is 1. The average molecular weight is 820 g/mol. The maximum absolute atomic E-state index is 13.0. The van der Waals surface area contributed by atoms with Gasteiger partial charge in [-0.05, 0) is 127 Å². The highest BCUT2D eigenvalue weighted by Gasteiger charge is 2.53. The van der Waals surface area contributed by atoms with Gasteiger partial charge in [-0.1, -0.05) is 0 Å². The Morgan fingerprint density at radius 1 is 1.23 bits per heavy atom. The third-order valence-electron chi connectivity index (χ3n) is 6.07. The van der Waals surface area contributed by atoms with Crippen molar-refractivity contribution >= 4 is 90.7 Å². The van der Waals surface area contributed by atoms with Gasteiger partial charge in [0.1, 0.15) is 28.7 Å². The molecule has 190 valence electrons. The highest BCUT2D eigenvalue weighted by molar-refractivity contribution is 14.3. The van der Waals surface area contributed by atoms with Crippen LogP contribution >= 0.6 is 67.8 Å². The second-order valence-corrected chi connectivity index (χ2v) is 20.6. The molecule has 2 aliphatic heterocycles. The number of nitrogens with zero attached hydrogens (tertiary/aromatic N) is 2. The summed E-state index contributed by atoms with van der Waals surface area (Å²) in [7, 11) is 1.33. The molecule has 1 aromatic heterocycles. The van der Waals surface area contributed by atoms with Gasteiger partial charge in [0.25, 0.3) is -0.379 Å². The van der Waals surface area contributed by atoms with Crippen LogP contribution in [0.4, 0.5) is 4.79 Å². The highest BCUT2D eigenvalue weighted by Crippen LogP contribution is 2.46. The molecule has 0 N–H and O–H groups in total. The normalized spacial score (nSPS) is 22.1. The molecule has 1 spiro atoms. The van der Waals surface area contributed by atoms with Crippen LogP contribution in [0.3, 0.4) is 0 Å². The van der Waals surface area contributed by atoms with Crippen LogP contribution in [0, 0.1) is 6.92 Å². The summed E-state index contributed by atoms with van der Waals surface area (Å²) in [6.07, 6.45) is 1.15. The van der Waals surface area contributed by atoms with E-state index >= 15 is 0 Å². The zero-order valence-corrected chi connectivity index (χ0v) is 26.6. The number of methoxy groups -OCH3 is 1. The van der Waals surface area contributed by atoms with Crippen LogP contribution in [-0.4, -0.2) is 52.5 Å². The van der Waals surface area contributed by atoms with Crippen molar-refractivity contribution in [3.8, 4) is 11.5 Å². The molecule has 3 heterocycles. The summed E-state index contributed by atoms with van der Waals surface area (Å²) in [6.45, 7) is 7.56. The summed E-state index contributed by atoms with van der Waals surface area (Å²) < 4.78 is 22.9. The maximum Gasteiger partial charge on any atom is 0.411 e. The van der Waals surface area contributed by atoms with E-state index in [2.05, 4.69) is 67.8 Å². The van der Waals surface area contributed by atoms with Gasteiger partial charge in [-0.25, -0.2) is 14.6 Å². The van der Waals surface area contributed by atoms with E-state index in [9.17, 15) is 9.59 Å². The molecule has 8 nitrogen and oxygen atoms in total. The number of ether oxygens (including phenoxy) is 4. The van der Waals surface area contributed by atoms with Gasteiger partial charge in [0, 0.05) is 17.4 Å². The number of alkyl halides is 3. The number of carbonyl (C=O) groups excluding carboxylic acids is 2. The third kappa shape index (κ3) is 6.02. The van der Waals surface area contributed by atoms with Crippen LogP contribution in [0.25, 0.3) is 10.9 Å². The number of hydrogen-bond donors (Lipinski definition) is 0. The number of likely N-dealkylation sites (tertiary alicyclic amines) is 1. The third-order valence-corrected chi connectivity index (χ3v) is 6.73. The predicted molar refractivity (Wildman–Crippen MR) is 157 cm³/mol. The van der Waals surface area contributed by atoms with E-state index in [0.29, 0.717) is 18.6 Å². The molecule has 0 radical (unpaired) electrons. The number of esters is 1. The van der Waals surface area contributed by atoms with Gasteiger partial charge in [0.15, 0.2) is 0 Å². The first-order valence-electron chi connectivity index (χ1n) is 11.2. The van der Waals surface area contributed by atoms with E-state index in [1.807, 2.05) is 25.1 Å². The number of aromatic nitrogens is 1. The number of aryl methyl sites for hydroxylation is 2. The molecule has 4 rings (SSSR count). The molecule has 1 amide bonds. The Kier molecular flexibility index (Phi) is 7.62. The maximum atomic E-state index is 13.0. The quantitative estimate of drug-likeness (QED) is 0.211. The number of fused-ring (bicyclic) bond motifs is 3. The zero-order valence-electron chi connectivity index (χ0n) is 20.1. The fraction of sp³-hybridized carbons (Fsp3) is 0.542. The van der Waals surface area contributed by atoms with Gasteiger partial charge in [-0.15, -0.1) is 0 Å². The van der Waals surface area contributed by atoms with Crippen LogP contribution < -0.4 is 9.47 Å². The standard InChI is InChI=1S/C24H27I3N2O6/c1-13-19-15(16-10-14(33-24(25,26)27)6-7-17(16)28-13)8-9-23(34-19)11-18(20(30)32-5)29(12-23)21(31)35-22(2,3)4/h6-7,10,18H,8-9,11-12H2,1-5H3/t18-,23?/m0/s1. The van der Waals surface area contributed by atoms with Gasteiger partial charge in [0.2, 0.25) is 0 Å². The summed E-state index contributed by atoms with van der Waals surface area (Å²) >= 11 is 6.69. The van der Waals surface area contributed by atoms with Crippen molar-refractivity contribution in [2.45, 2.75) is 63.8 Å². The van der Waals surface area contributed by atoms with Crippen molar-refractivity contribution in [1.82, 2.24) is 9.88 Å². The first-order valence-corrected chi connectivity index (χ1v) is 14.4. The lowest BCUT2D eigenvalue weighted by atomic mass is 9.87. The fourth-order valence-corrected chi connectivity index (χ4v) is 5.45. The van der Waals surface area contributed by atoms with Gasteiger partial charge >= 0.3 is 12.1 Å². The monoisotopic (exact) mass is 820 g/mol. The Labute approximate surface area is 245 Å². The van der Waals surface area contributed by atoms with Crippen LogP contribution in [0.5, 0.6) is 11.5 Å². The van der Waals surface area contributed by atoms with Crippen molar-refractivity contribution in [2.75, 3.05) is 13.7 Å². The lowest BCUT2D eigenvalue weighted by Gasteiger charge is -2.36. The first-order chi connectivity index (χ1) is 16.2. The van der Waals surface area contributed by atoms with Gasteiger partial charge in [-0.2, -0.15) is 0 Å². The minimum Gasteiger partial charge on any atom is -0.483 e. The van der Waals surface area contributed by atoms with E-state index < -0.39 is 28.9 Å². The van der Waals surface area contributed by atoms with Crippen LogP contribution in [0.2, 0.25) is 0 Å². The van der Waals surface area contributed by atoms with Crippen molar-refractivity contribution in [1.29, 1.82) is 0 Å². The second-order valence-electron chi connectivity index (χ2n) is 9.87. The summed E-state index contributed by atoms with van der Waals surface area (Å²) in [5.41, 5.74) is 1.31. The summed E-state index contributed by atoms with van der Waals surface area (Å²) in [5.74, 6) is 0.990. The smallest absolute Gasteiger partial charge is 0.411 e. The fourth-order valence-electron chi connectivity index (χ4n) is 4.69. The van der Waals surface area contributed by atoms with Crippen molar-refractivity contribution in [3.63, 3.8) is 0 Å². The Hall–Kier alpha value is -0.840. The van der Waals surface area contributed by atoms with Crippen molar-refractivity contribution in [3.05, 3.63) is 29.5 Å². The molecule has 0 aliphatic carbocycles. The lowest BCUT2D eigenvalue weighted by molar-refractivity contribution is -0.145. The Morgan fingerprint density at radius 3 is 2.57 bits per heavy atom. The molecular formula is C24H27I3N2O6. The molecular weight excluding hydrogens is 793 g/mol. The minimum atomic E-state index is -0.769. The molecule has 1 fully saturated rings. The topological polar surface area (TPSA) is 87.2 Å². The number of hydrogen-bond acceptors (Lipinski definition) is 7. The molecule has 1 unspecified atom stereocenters. The summed E-state index contributed by atoms with van der Waals surface area (Å²) in [6, 6.07) is 5.12. The molecule has 0 saturated carbocycles.